The van der Waals surface area contributed by atoms with Crippen LogP contribution in [0.25, 0.3) is 0 Å². The Labute approximate surface area is 113 Å². The average molecular weight is 268 g/mol. The number of carbonyl (C=O) groups is 1. The second-order valence-corrected chi connectivity index (χ2v) is 4.23. The van der Waals surface area contributed by atoms with Crippen molar-refractivity contribution < 1.29 is 24.1 Å². The summed E-state index contributed by atoms with van der Waals surface area (Å²) in [5, 5.41) is 8.92. The van der Waals surface area contributed by atoms with E-state index < -0.39 is 0 Å². The minimum absolute atomic E-state index is 0.368. The summed E-state index contributed by atoms with van der Waals surface area (Å²) < 4.78 is 15.1. The van der Waals surface area contributed by atoms with Crippen LogP contribution in [0.2, 0.25) is 0 Å². The van der Waals surface area contributed by atoms with Crippen LogP contribution < -0.4 is 0 Å². The predicted molar refractivity (Wildman–Crippen MR) is 70.3 cm³/mol. The average Bonchev–Trinajstić information content (AvgIpc) is 3.30. The zero-order valence-electron chi connectivity index (χ0n) is 11.1. The molecular formula is C14H20O5. The Kier molecular flexibility index (Phi) is 7.10. The lowest BCUT2D eigenvalue weighted by Gasteiger charge is -1.95. The lowest BCUT2D eigenvalue weighted by Crippen LogP contribution is -2.06. The number of benzene rings is 1. The lowest BCUT2D eigenvalue weighted by atomic mass is 10.2. The molecule has 2 unspecified atom stereocenters. The Morgan fingerprint density at radius 1 is 1.21 bits per heavy atom. The van der Waals surface area contributed by atoms with Crippen molar-refractivity contribution in [3.8, 4) is 5.75 Å². The number of carbonyl (C=O) groups excluding carboxylic acids is 1. The third-order valence-corrected chi connectivity index (χ3v) is 2.53. The lowest BCUT2D eigenvalue weighted by molar-refractivity contribution is -0.0979. The molecule has 0 bridgehead atoms. The number of rotatable bonds is 4. The molecule has 0 aromatic heterocycles. The molecule has 2 heterocycles. The summed E-state index contributed by atoms with van der Waals surface area (Å²) in [6.07, 6.45) is 0.785. The van der Waals surface area contributed by atoms with Gasteiger partial charge in [0, 0.05) is 0 Å². The fraction of sp³-hybridized carbons (Fsp3) is 0.500. The molecule has 0 saturated carbocycles. The van der Waals surface area contributed by atoms with Crippen LogP contribution in [0.15, 0.2) is 24.3 Å². The van der Waals surface area contributed by atoms with Crippen molar-refractivity contribution >= 4 is 6.79 Å². The molecule has 1 aromatic carbocycles. The molecule has 3 rings (SSSR count). The summed E-state index contributed by atoms with van der Waals surface area (Å²) in [6.45, 7) is 7.13. The van der Waals surface area contributed by atoms with Crippen LogP contribution >= 0.6 is 0 Å². The molecule has 106 valence electrons. The predicted octanol–water partition coefficient (Wildman–Crippen LogP) is 1.32. The molecule has 2 aliphatic rings. The Morgan fingerprint density at radius 2 is 1.68 bits per heavy atom. The van der Waals surface area contributed by atoms with Gasteiger partial charge in [0.1, 0.15) is 24.7 Å². The van der Waals surface area contributed by atoms with E-state index in [-0.39, 0.29) is 0 Å². The number of aromatic hydroxyl groups is 1. The Morgan fingerprint density at radius 3 is 2.00 bits per heavy atom. The van der Waals surface area contributed by atoms with Gasteiger partial charge in [-0.25, -0.2) is 0 Å². The Balaban J connectivity index is 0.000000170. The first-order valence-corrected chi connectivity index (χ1v) is 6.10. The van der Waals surface area contributed by atoms with Crippen molar-refractivity contribution in [2.24, 2.45) is 0 Å². The smallest absolute Gasteiger partial charge is 0.118 e. The van der Waals surface area contributed by atoms with Gasteiger partial charge in [-0.2, -0.15) is 0 Å². The second-order valence-electron chi connectivity index (χ2n) is 4.23. The molecule has 5 heteroatoms. The van der Waals surface area contributed by atoms with E-state index in [1.807, 2.05) is 31.9 Å². The topological polar surface area (TPSA) is 71.6 Å². The van der Waals surface area contributed by atoms with Crippen molar-refractivity contribution in [1.29, 1.82) is 0 Å². The molecule has 0 aliphatic carbocycles. The quantitative estimate of drug-likeness (QED) is 0.834. The molecule has 2 fully saturated rings. The Bertz CT molecular complexity index is 328. The number of aryl methyl sites for hydroxylation is 1. The van der Waals surface area contributed by atoms with E-state index >= 15 is 0 Å². The van der Waals surface area contributed by atoms with E-state index in [0.717, 1.165) is 32.0 Å². The monoisotopic (exact) mass is 268 g/mol. The summed E-state index contributed by atoms with van der Waals surface area (Å²) >= 11 is 0. The van der Waals surface area contributed by atoms with Crippen LogP contribution in [0.5, 0.6) is 5.75 Å². The van der Waals surface area contributed by atoms with Crippen molar-refractivity contribution in [2.75, 3.05) is 26.4 Å². The van der Waals surface area contributed by atoms with Gasteiger partial charge in [0.05, 0.1) is 26.4 Å². The fourth-order valence-electron chi connectivity index (χ4n) is 1.22. The zero-order chi connectivity index (χ0) is 14.1. The van der Waals surface area contributed by atoms with Gasteiger partial charge in [-0.05, 0) is 18.6 Å². The standard InChI is InChI=1S/C7H8O.C6H10O3.CH2O/c1-6-4-2-3-5-7(6)8;1(5-3-8-5)7-2-6-4-9-6;1-2/h2-5,8H,1H3;5-6H,1-4H2;1H2. The molecule has 0 spiro atoms. The number of hydrogen-bond acceptors (Lipinski definition) is 5. The molecule has 19 heavy (non-hydrogen) atoms. The first-order chi connectivity index (χ1) is 9.25. The molecular weight excluding hydrogens is 248 g/mol. The van der Waals surface area contributed by atoms with Crippen LogP contribution in [0, 0.1) is 6.92 Å². The summed E-state index contributed by atoms with van der Waals surface area (Å²) in [5.74, 6) is 0.368. The number of epoxide rings is 2. The maximum atomic E-state index is 8.92. The molecule has 0 amide bonds. The van der Waals surface area contributed by atoms with Crippen molar-refractivity contribution in [3.05, 3.63) is 29.8 Å². The van der Waals surface area contributed by atoms with Crippen LogP contribution in [-0.2, 0) is 19.0 Å². The highest BCUT2D eigenvalue weighted by atomic mass is 16.6. The van der Waals surface area contributed by atoms with E-state index in [1.54, 1.807) is 6.07 Å². The van der Waals surface area contributed by atoms with Gasteiger partial charge in [-0.3, -0.25) is 0 Å². The first-order valence-electron chi connectivity index (χ1n) is 6.10. The van der Waals surface area contributed by atoms with Crippen molar-refractivity contribution in [2.45, 2.75) is 19.1 Å². The summed E-state index contributed by atoms with van der Waals surface area (Å²) in [4.78, 5) is 8.00. The Hall–Kier alpha value is -1.43. The third kappa shape index (κ3) is 7.56. The van der Waals surface area contributed by atoms with E-state index in [0.29, 0.717) is 18.0 Å². The molecule has 2 atom stereocenters. The summed E-state index contributed by atoms with van der Waals surface area (Å²) in [7, 11) is 0. The van der Waals surface area contributed by atoms with Gasteiger partial charge in [-0.15, -0.1) is 0 Å². The largest absolute Gasteiger partial charge is 0.508 e. The minimum atomic E-state index is 0.368. The first kappa shape index (κ1) is 15.6. The van der Waals surface area contributed by atoms with Gasteiger partial charge in [-0.1, -0.05) is 18.2 Å². The van der Waals surface area contributed by atoms with Crippen molar-refractivity contribution in [3.63, 3.8) is 0 Å². The molecule has 5 nitrogen and oxygen atoms in total. The molecule has 2 saturated heterocycles. The van der Waals surface area contributed by atoms with Gasteiger partial charge in [0.25, 0.3) is 0 Å². The van der Waals surface area contributed by atoms with Crippen LogP contribution in [-0.4, -0.2) is 50.5 Å². The number of hydrogen-bond donors (Lipinski definition) is 1. The summed E-state index contributed by atoms with van der Waals surface area (Å²) in [5.41, 5.74) is 0.924. The number of para-hydroxylation sites is 1. The van der Waals surface area contributed by atoms with Crippen molar-refractivity contribution in [1.82, 2.24) is 0 Å². The van der Waals surface area contributed by atoms with E-state index in [2.05, 4.69) is 0 Å². The maximum Gasteiger partial charge on any atom is 0.118 e. The highest BCUT2D eigenvalue weighted by Gasteiger charge is 2.26. The molecule has 1 N–H and O–H groups in total. The fourth-order valence-corrected chi connectivity index (χ4v) is 1.22. The third-order valence-electron chi connectivity index (χ3n) is 2.53. The zero-order valence-corrected chi connectivity index (χ0v) is 11.1. The minimum Gasteiger partial charge on any atom is -0.508 e. The SMILES string of the molecule is C(OCC1CO1)C1CO1.C=O.Cc1ccccc1O. The van der Waals surface area contributed by atoms with Gasteiger partial charge < -0.3 is 24.1 Å². The van der Waals surface area contributed by atoms with Crippen LogP contribution in [0.3, 0.4) is 0 Å². The van der Waals surface area contributed by atoms with Crippen LogP contribution in [0.4, 0.5) is 0 Å². The number of ether oxygens (including phenoxy) is 3. The van der Waals surface area contributed by atoms with E-state index in [9.17, 15) is 0 Å². The maximum absolute atomic E-state index is 8.92. The van der Waals surface area contributed by atoms with Gasteiger partial charge in [0.15, 0.2) is 0 Å². The van der Waals surface area contributed by atoms with Gasteiger partial charge >= 0.3 is 0 Å². The number of phenols is 1. The summed E-state index contributed by atoms with van der Waals surface area (Å²) in [6, 6.07) is 7.25. The number of phenolic OH excluding ortho intramolecular Hbond substituents is 1. The molecule has 2 aliphatic heterocycles. The van der Waals surface area contributed by atoms with E-state index in [1.165, 1.54) is 0 Å². The van der Waals surface area contributed by atoms with Crippen LogP contribution in [0.1, 0.15) is 5.56 Å². The highest BCUT2D eigenvalue weighted by Crippen LogP contribution is 2.13. The highest BCUT2D eigenvalue weighted by molar-refractivity contribution is 5.29. The second kappa shape index (κ2) is 8.63. The normalized spacial score (nSPS) is 22.4. The molecule has 1 aromatic rings. The molecule has 0 radical (unpaired) electrons. The van der Waals surface area contributed by atoms with Gasteiger partial charge in [0.2, 0.25) is 0 Å². The van der Waals surface area contributed by atoms with E-state index in [4.69, 9.17) is 24.1 Å².